The van der Waals surface area contributed by atoms with E-state index in [1.807, 2.05) is 24.5 Å². The number of hydrogen-bond acceptors (Lipinski definition) is 5. The van der Waals surface area contributed by atoms with Crippen LogP contribution in [-0.2, 0) is 0 Å². The SMILES string of the molecule is c1ccc2cc(-c3nc(-c4cc(-c5ccc6ncccc6c5)cc(-c5ccc6ncccc6c5)c4)nc(-c4ccc5ccccc5c4)n3)ccc2c1. The molecule has 7 aromatic carbocycles. The third-order valence-electron chi connectivity index (χ3n) is 9.71. The van der Waals surface area contributed by atoms with E-state index in [-0.39, 0.29) is 0 Å². The van der Waals surface area contributed by atoms with E-state index in [0.29, 0.717) is 17.5 Å². The molecule has 0 amide bonds. The second kappa shape index (κ2) is 12.3. The monoisotopic (exact) mass is 663 g/mol. The Kier molecular flexibility index (Phi) is 7.07. The van der Waals surface area contributed by atoms with Crippen LogP contribution in [-0.4, -0.2) is 24.9 Å². The van der Waals surface area contributed by atoms with Crippen molar-refractivity contribution in [1.82, 2.24) is 24.9 Å². The van der Waals surface area contributed by atoms with Crippen LogP contribution in [0.5, 0.6) is 0 Å². The van der Waals surface area contributed by atoms with Gasteiger partial charge in [-0.1, -0.05) is 97.1 Å². The van der Waals surface area contributed by atoms with Crippen molar-refractivity contribution in [3.63, 3.8) is 0 Å². The molecule has 0 fully saturated rings. The van der Waals surface area contributed by atoms with Crippen molar-refractivity contribution in [2.75, 3.05) is 0 Å². The van der Waals surface area contributed by atoms with Gasteiger partial charge in [0, 0.05) is 39.9 Å². The van der Waals surface area contributed by atoms with Crippen molar-refractivity contribution < 1.29 is 0 Å². The highest BCUT2D eigenvalue weighted by atomic mass is 15.0. The smallest absolute Gasteiger partial charge is 0.164 e. The lowest BCUT2D eigenvalue weighted by Crippen LogP contribution is -2.01. The number of rotatable bonds is 5. The number of fused-ring (bicyclic) bond motifs is 4. The van der Waals surface area contributed by atoms with E-state index in [1.54, 1.807) is 0 Å². The summed E-state index contributed by atoms with van der Waals surface area (Å²) in [5.74, 6) is 1.85. The Morgan fingerprint density at radius 2 is 0.635 bits per heavy atom. The third-order valence-corrected chi connectivity index (χ3v) is 9.71. The van der Waals surface area contributed by atoms with Gasteiger partial charge in [0.25, 0.3) is 0 Å². The molecule has 0 atom stereocenters. The molecular formula is C47H29N5. The quantitative estimate of drug-likeness (QED) is 0.183. The predicted octanol–water partition coefficient (Wildman–Crippen LogP) is 11.6. The van der Waals surface area contributed by atoms with Gasteiger partial charge in [-0.2, -0.15) is 0 Å². The van der Waals surface area contributed by atoms with Gasteiger partial charge < -0.3 is 0 Å². The Hall–Kier alpha value is -7.11. The highest BCUT2D eigenvalue weighted by Crippen LogP contribution is 2.35. The Labute approximate surface area is 300 Å². The molecular weight excluding hydrogens is 635 g/mol. The molecule has 0 saturated carbocycles. The van der Waals surface area contributed by atoms with Gasteiger partial charge in [-0.3, -0.25) is 9.97 Å². The van der Waals surface area contributed by atoms with Crippen LogP contribution in [0, 0.1) is 0 Å². The van der Waals surface area contributed by atoms with Crippen LogP contribution in [0.15, 0.2) is 176 Å². The number of hydrogen-bond donors (Lipinski definition) is 0. The molecule has 0 unspecified atom stereocenters. The van der Waals surface area contributed by atoms with Gasteiger partial charge in [0.1, 0.15) is 0 Å². The molecule has 0 radical (unpaired) electrons. The third kappa shape index (κ3) is 5.51. The van der Waals surface area contributed by atoms with E-state index in [2.05, 4.69) is 162 Å². The molecule has 10 aromatic rings. The maximum Gasteiger partial charge on any atom is 0.164 e. The first kappa shape index (κ1) is 29.8. The second-order valence-corrected chi connectivity index (χ2v) is 13.1. The summed E-state index contributed by atoms with van der Waals surface area (Å²) in [7, 11) is 0. The van der Waals surface area contributed by atoms with Gasteiger partial charge in [-0.25, -0.2) is 15.0 Å². The minimum Gasteiger partial charge on any atom is -0.256 e. The lowest BCUT2D eigenvalue weighted by molar-refractivity contribution is 1.08. The maximum atomic E-state index is 5.20. The number of pyridine rings is 2. The summed E-state index contributed by atoms with van der Waals surface area (Å²) in [6.07, 6.45) is 3.66. The molecule has 242 valence electrons. The largest absolute Gasteiger partial charge is 0.256 e. The van der Waals surface area contributed by atoms with E-state index in [4.69, 9.17) is 15.0 Å². The van der Waals surface area contributed by atoms with Crippen LogP contribution < -0.4 is 0 Å². The zero-order valence-corrected chi connectivity index (χ0v) is 28.0. The molecule has 0 saturated heterocycles. The first-order chi connectivity index (χ1) is 25.7. The Balaban J connectivity index is 1.21. The summed E-state index contributed by atoms with van der Waals surface area (Å²) >= 11 is 0. The highest BCUT2D eigenvalue weighted by molar-refractivity contribution is 5.91. The van der Waals surface area contributed by atoms with E-state index in [9.17, 15) is 0 Å². The lowest BCUT2D eigenvalue weighted by atomic mass is 9.94. The van der Waals surface area contributed by atoms with Gasteiger partial charge in [0.05, 0.1) is 11.0 Å². The predicted molar refractivity (Wildman–Crippen MR) is 213 cm³/mol. The topological polar surface area (TPSA) is 64.5 Å². The molecule has 0 N–H and O–H groups in total. The summed E-state index contributed by atoms with van der Waals surface area (Å²) in [5, 5.41) is 6.78. The molecule has 0 bridgehead atoms. The van der Waals surface area contributed by atoms with Crippen molar-refractivity contribution in [3.8, 4) is 56.4 Å². The fourth-order valence-corrected chi connectivity index (χ4v) is 7.02. The summed E-state index contributed by atoms with van der Waals surface area (Å²) < 4.78 is 0. The van der Waals surface area contributed by atoms with Gasteiger partial charge in [0.2, 0.25) is 0 Å². The van der Waals surface area contributed by atoms with Crippen molar-refractivity contribution in [2.24, 2.45) is 0 Å². The van der Waals surface area contributed by atoms with Crippen molar-refractivity contribution in [3.05, 3.63) is 176 Å². The molecule has 0 spiro atoms. The van der Waals surface area contributed by atoms with Gasteiger partial charge in [-0.15, -0.1) is 0 Å². The number of aromatic nitrogens is 5. The van der Waals surface area contributed by atoms with E-state index in [1.165, 1.54) is 10.8 Å². The van der Waals surface area contributed by atoms with Crippen LogP contribution >= 0.6 is 0 Å². The van der Waals surface area contributed by atoms with Crippen molar-refractivity contribution in [2.45, 2.75) is 0 Å². The van der Waals surface area contributed by atoms with Crippen LogP contribution in [0.2, 0.25) is 0 Å². The van der Waals surface area contributed by atoms with E-state index >= 15 is 0 Å². The zero-order valence-electron chi connectivity index (χ0n) is 28.0. The number of nitrogens with zero attached hydrogens (tertiary/aromatic N) is 5. The summed E-state index contributed by atoms with van der Waals surface area (Å²) in [5.41, 5.74) is 8.98. The van der Waals surface area contributed by atoms with Gasteiger partial charge in [-0.05, 0) is 111 Å². The molecule has 0 aliphatic rings. The number of benzene rings is 7. The van der Waals surface area contributed by atoms with Crippen LogP contribution in [0.4, 0.5) is 0 Å². The van der Waals surface area contributed by atoms with Crippen molar-refractivity contribution in [1.29, 1.82) is 0 Å². The average Bonchev–Trinajstić information content (AvgIpc) is 3.22. The standard InChI is InChI=1S/C47H29N5/c1-3-9-32-25-38(15-13-30(32)7-1)45-50-46(39-16-14-31-8-2-4-10-33(31)26-39)52-47(51-45)42-28-40(34-17-19-43-36(23-34)11-5-21-48-43)27-41(29-42)35-18-20-44-37(24-35)12-6-22-49-44/h1-29H. The molecule has 3 aromatic heterocycles. The highest BCUT2D eigenvalue weighted by Gasteiger charge is 2.16. The minimum absolute atomic E-state index is 0.606. The first-order valence-corrected chi connectivity index (χ1v) is 17.3. The van der Waals surface area contributed by atoms with Crippen LogP contribution in [0.3, 0.4) is 0 Å². The summed E-state index contributed by atoms with van der Waals surface area (Å²) in [6, 6.07) is 57.1. The maximum absolute atomic E-state index is 5.20. The lowest BCUT2D eigenvalue weighted by Gasteiger charge is -2.13. The first-order valence-electron chi connectivity index (χ1n) is 17.3. The summed E-state index contributed by atoms with van der Waals surface area (Å²) in [4.78, 5) is 24.6. The molecule has 3 heterocycles. The molecule has 0 aliphatic carbocycles. The molecule has 5 heteroatoms. The average molecular weight is 664 g/mol. The normalized spacial score (nSPS) is 11.5. The van der Waals surface area contributed by atoms with E-state index in [0.717, 1.165) is 71.5 Å². The fourth-order valence-electron chi connectivity index (χ4n) is 7.02. The van der Waals surface area contributed by atoms with Gasteiger partial charge >= 0.3 is 0 Å². The van der Waals surface area contributed by atoms with E-state index < -0.39 is 0 Å². The molecule has 5 nitrogen and oxygen atoms in total. The van der Waals surface area contributed by atoms with Crippen LogP contribution in [0.1, 0.15) is 0 Å². The van der Waals surface area contributed by atoms with Crippen molar-refractivity contribution >= 4 is 43.4 Å². The molecule has 52 heavy (non-hydrogen) atoms. The zero-order chi connectivity index (χ0) is 34.4. The Morgan fingerprint density at radius 3 is 1.13 bits per heavy atom. The molecule has 0 aliphatic heterocycles. The van der Waals surface area contributed by atoms with Gasteiger partial charge in [0.15, 0.2) is 17.5 Å². The second-order valence-electron chi connectivity index (χ2n) is 13.1. The minimum atomic E-state index is 0.606. The van der Waals surface area contributed by atoms with Crippen LogP contribution in [0.25, 0.3) is 99.8 Å². The summed E-state index contributed by atoms with van der Waals surface area (Å²) in [6.45, 7) is 0. The Morgan fingerprint density at radius 1 is 0.250 bits per heavy atom. The fraction of sp³-hybridized carbons (Fsp3) is 0. The Bertz CT molecular complexity index is 2590. The molecule has 10 rings (SSSR count).